The topological polar surface area (TPSA) is 0 Å². The van der Waals surface area contributed by atoms with Crippen molar-refractivity contribution in [2.45, 2.75) is 0 Å². The molecule has 4 heteroatoms. The molecule has 0 N–H and O–H groups in total. The normalized spacial score (nSPS) is 2.00. The fourth-order valence-corrected chi connectivity index (χ4v) is 0. The van der Waals surface area contributed by atoms with Crippen LogP contribution in [0.3, 0.4) is 0 Å². The minimum atomic E-state index is 0. The summed E-state index contributed by atoms with van der Waals surface area (Å²) in [7, 11) is 1.32. The van der Waals surface area contributed by atoms with Crippen LogP contribution in [0.4, 0.5) is 0 Å². The Morgan fingerprint density at radius 1 is 1.25 bits per heavy atom. The summed E-state index contributed by atoms with van der Waals surface area (Å²) < 4.78 is 0. The van der Waals surface area contributed by atoms with Gasteiger partial charge in [-0.25, -0.2) is 0 Å². The molecule has 0 rings (SSSR count). The zero-order chi connectivity index (χ0) is 2.00. The van der Waals surface area contributed by atoms with Crippen LogP contribution in [0.25, 0.3) is 0 Å². The molecule has 0 aromatic rings. The maximum atomic E-state index is 2.09. The SMILES string of the molecule is [Nb].[SiH3][Mo].[V]. The van der Waals surface area contributed by atoms with E-state index >= 15 is 0 Å². The zero-order valence-electron chi connectivity index (χ0n) is 2.30. The summed E-state index contributed by atoms with van der Waals surface area (Å²) in [5.74, 6) is 0. The molecule has 0 aliphatic rings. The summed E-state index contributed by atoms with van der Waals surface area (Å²) in [4.78, 5) is 0. The van der Waals surface area contributed by atoms with Crippen LogP contribution in [0.1, 0.15) is 0 Å². The molecule has 0 amide bonds. The van der Waals surface area contributed by atoms with Crippen molar-refractivity contribution in [1.29, 1.82) is 0 Å². The minimum Gasteiger partial charge on any atom is 0 e. The molecule has 0 aliphatic carbocycles. The maximum absolute atomic E-state index is 2.09. The van der Waals surface area contributed by atoms with E-state index in [1.54, 1.807) is 0 Å². The van der Waals surface area contributed by atoms with E-state index in [1.165, 1.54) is 8.21 Å². The molecule has 0 atom stereocenters. The average molecular weight is 271 g/mol. The zero-order valence-corrected chi connectivity index (χ0v) is 9.90. The van der Waals surface area contributed by atoms with Gasteiger partial charge in [-0.1, -0.05) is 0 Å². The molecule has 0 fully saturated rings. The fourth-order valence-electron chi connectivity index (χ4n) is 0. The molecule has 0 bridgehead atoms. The van der Waals surface area contributed by atoms with E-state index in [4.69, 9.17) is 0 Å². The Labute approximate surface area is 67.4 Å². The molecule has 0 nitrogen and oxygen atoms in total. The van der Waals surface area contributed by atoms with Crippen molar-refractivity contribution in [3.8, 4) is 0 Å². The summed E-state index contributed by atoms with van der Waals surface area (Å²) in [6.45, 7) is 0. The van der Waals surface area contributed by atoms with Gasteiger partial charge in [0, 0.05) is 40.9 Å². The van der Waals surface area contributed by atoms with E-state index in [1.807, 2.05) is 0 Å². The van der Waals surface area contributed by atoms with Crippen molar-refractivity contribution in [1.82, 2.24) is 0 Å². The molecule has 0 aliphatic heterocycles. The van der Waals surface area contributed by atoms with E-state index in [0.717, 1.165) is 0 Å². The smallest absolute Gasteiger partial charge is 0 e. The predicted octanol–water partition coefficient (Wildman–Crippen LogP) is -1.19. The van der Waals surface area contributed by atoms with Crippen molar-refractivity contribution in [3.05, 3.63) is 0 Å². The first kappa shape index (κ1) is 16.3. The Morgan fingerprint density at radius 2 is 1.25 bits per heavy atom. The van der Waals surface area contributed by atoms with Crippen LogP contribution < -0.4 is 0 Å². The second-order valence-electron chi connectivity index (χ2n) is 0. The van der Waals surface area contributed by atoms with Crippen LogP contribution in [0, 0.1) is 0 Å². The van der Waals surface area contributed by atoms with Crippen molar-refractivity contribution >= 4 is 8.21 Å². The minimum absolute atomic E-state index is 0. The van der Waals surface area contributed by atoms with Gasteiger partial charge in [-0.15, -0.1) is 0 Å². The molecule has 0 saturated heterocycles. The van der Waals surface area contributed by atoms with Gasteiger partial charge in [0.2, 0.25) is 0 Å². The Morgan fingerprint density at radius 3 is 1.25 bits per heavy atom. The molecule has 0 aromatic carbocycles. The first-order valence-corrected chi connectivity index (χ1v) is 7.25. The van der Waals surface area contributed by atoms with Gasteiger partial charge in [0.15, 0.2) is 0 Å². The Kier molecular flexibility index (Phi) is 76.8. The monoisotopic (exact) mass is 273 g/mol. The average Bonchev–Trinajstić information content (AvgIpc) is 1.00. The number of hydrogen-bond acceptors (Lipinski definition) is 0. The fraction of sp³-hybridized carbons (Fsp3) is 0. The quantitative estimate of drug-likeness (QED) is 0.486. The van der Waals surface area contributed by atoms with Crippen LogP contribution >= 0.6 is 0 Å². The molecular formula is H3MoNbSiV. The molecular weight excluding hydrogens is 268 g/mol. The molecule has 23 valence electrons. The van der Waals surface area contributed by atoms with E-state index in [2.05, 4.69) is 19.1 Å². The second-order valence-corrected chi connectivity index (χ2v) is 0. The van der Waals surface area contributed by atoms with Gasteiger partial charge in [0.05, 0.1) is 0 Å². The van der Waals surface area contributed by atoms with Gasteiger partial charge in [0.1, 0.15) is 0 Å². The van der Waals surface area contributed by atoms with Crippen LogP contribution in [0.2, 0.25) is 0 Å². The van der Waals surface area contributed by atoms with Gasteiger partial charge in [-0.3, -0.25) is 0 Å². The first-order chi connectivity index (χ1) is 1.00. The summed E-state index contributed by atoms with van der Waals surface area (Å²) in [5, 5.41) is 0. The summed E-state index contributed by atoms with van der Waals surface area (Å²) in [6, 6.07) is 0. The third kappa shape index (κ3) is 8.87. The van der Waals surface area contributed by atoms with Crippen LogP contribution in [0.5, 0.6) is 0 Å². The molecule has 0 saturated carbocycles. The van der Waals surface area contributed by atoms with Gasteiger partial charge in [-0.05, 0) is 0 Å². The van der Waals surface area contributed by atoms with Crippen LogP contribution in [-0.2, 0) is 60.0 Å². The Bertz CT molecular complexity index is 8.00. The third-order valence-corrected chi connectivity index (χ3v) is 0. The number of hydrogen-bond donors (Lipinski definition) is 0. The predicted molar refractivity (Wildman–Crippen MR) is 9.94 cm³/mol. The molecule has 4 heavy (non-hydrogen) atoms. The number of rotatable bonds is 0. The van der Waals surface area contributed by atoms with E-state index in [-0.39, 0.29) is 40.9 Å². The van der Waals surface area contributed by atoms with Crippen LogP contribution in [0.15, 0.2) is 0 Å². The van der Waals surface area contributed by atoms with Crippen LogP contribution in [-0.4, -0.2) is 8.21 Å². The first-order valence-electron chi connectivity index (χ1n) is 0.408. The maximum Gasteiger partial charge on any atom is 0 e. The summed E-state index contributed by atoms with van der Waals surface area (Å²) in [6.07, 6.45) is 0. The van der Waals surface area contributed by atoms with Gasteiger partial charge < -0.3 is 0 Å². The van der Waals surface area contributed by atoms with Crippen molar-refractivity contribution < 1.29 is 60.0 Å². The third-order valence-electron chi connectivity index (χ3n) is 0. The van der Waals surface area contributed by atoms with Crippen molar-refractivity contribution in [2.24, 2.45) is 0 Å². The van der Waals surface area contributed by atoms with E-state index in [9.17, 15) is 0 Å². The Hall–Kier alpha value is 2.23. The van der Waals surface area contributed by atoms with E-state index in [0.29, 0.717) is 0 Å². The standard InChI is InChI=1S/Mo.Nb.H3Si.V/h;;1H3;. The molecule has 0 heterocycles. The van der Waals surface area contributed by atoms with Crippen molar-refractivity contribution in [3.63, 3.8) is 0 Å². The van der Waals surface area contributed by atoms with Gasteiger partial charge in [-0.2, -0.15) is 0 Å². The molecule has 0 spiro atoms. The van der Waals surface area contributed by atoms with Gasteiger partial charge >= 0.3 is 27.3 Å². The molecule has 2 radical (unpaired) electrons. The summed E-state index contributed by atoms with van der Waals surface area (Å²) in [5.41, 5.74) is 0. The summed E-state index contributed by atoms with van der Waals surface area (Å²) >= 11 is 2.09. The van der Waals surface area contributed by atoms with E-state index < -0.39 is 0 Å². The Balaban J connectivity index is -0.00000000500. The second kappa shape index (κ2) is 18.8. The molecule has 0 unspecified atom stereocenters. The van der Waals surface area contributed by atoms with Gasteiger partial charge in [0.25, 0.3) is 0 Å². The largest absolute Gasteiger partial charge is 0 e. The molecule has 0 aromatic heterocycles. The van der Waals surface area contributed by atoms with Crippen molar-refractivity contribution in [2.75, 3.05) is 0 Å².